The van der Waals surface area contributed by atoms with E-state index in [0.717, 1.165) is 10.0 Å². The topological polar surface area (TPSA) is 112 Å². The highest BCUT2D eigenvalue weighted by Crippen LogP contribution is 2.67. The summed E-state index contributed by atoms with van der Waals surface area (Å²) in [5.41, 5.74) is -1.88. The Bertz CT molecular complexity index is 1210. The van der Waals surface area contributed by atoms with E-state index in [4.69, 9.17) is 16.3 Å². The van der Waals surface area contributed by atoms with Crippen LogP contribution in [0, 0.1) is 5.92 Å². The summed E-state index contributed by atoms with van der Waals surface area (Å²) in [6.07, 6.45) is -1.22. The molecule has 1 saturated carbocycles. The lowest BCUT2D eigenvalue weighted by Crippen LogP contribution is -2.52. The van der Waals surface area contributed by atoms with Crippen molar-refractivity contribution in [3.05, 3.63) is 93.2 Å². The maximum Gasteiger partial charge on any atom is 0.404 e. The second-order valence-electron chi connectivity index (χ2n) is 8.29. The van der Waals surface area contributed by atoms with Gasteiger partial charge in [0.2, 0.25) is 0 Å². The van der Waals surface area contributed by atoms with Crippen molar-refractivity contribution in [2.75, 3.05) is 6.54 Å². The highest BCUT2D eigenvalue weighted by atomic mass is 79.9. The molecule has 5 atom stereocenters. The van der Waals surface area contributed by atoms with Gasteiger partial charge < -0.3 is 25.4 Å². The number of nitrogens with one attached hydrogen (secondary N) is 1. The Hall–Kier alpha value is -2.65. The SMILES string of the molecule is O=C(O)NC[C@@H]1[C@@H](O)[C@]2(O)c3ncc(Cl)cc3O[C@@]2(c2ccc(Br)cc2)[C@H]1c1ccccc1. The van der Waals surface area contributed by atoms with Gasteiger partial charge in [-0.3, -0.25) is 4.98 Å². The molecule has 1 amide bonds. The first-order valence-corrected chi connectivity index (χ1v) is 11.5. The number of fused-ring (bicyclic) bond motifs is 3. The molecule has 33 heavy (non-hydrogen) atoms. The summed E-state index contributed by atoms with van der Waals surface area (Å²) in [6, 6.07) is 18.2. The van der Waals surface area contributed by atoms with Gasteiger partial charge in [-0.1, -0.05) is 70.0 Å². The van der Waals surface area contributed by atoms with Gasteiger partial charge in [-0.2, -0.15) is 0 Å². The van der Waals surface area contributed by atoms with E-state index >= 15 is 0 Å². The molecule has 2 aliphatic rings. The predicted octanol–water partition coefficient (Wildman–Crippen LogP) is 4.02. The molecular formula is C24H20BrClN2O5. The smallest absolute Gasteiger partial charge is 0.404 e. The molecule has 1 aliphatic carbocycles. The molecule has 0 saturated heterocycles. The van der Waals surface area contributed by atoms with E-state index in [-0.39, 0.29) is 18.0 Å². The number of aromatic nitrogens is 1. The van der Waals surface area contributed by atoms with Gasteiger partial charge in [0, 0.05) is 35.1 Å². The molecule has 0 bridgehead atoms. The molecule has 1 aromatic heterocycles. The molecular weight excluding hydrogens is 512 g/mol. The summed E-state index contributed by atoms with van der Waals surface area (Å²) in [6.45, 7) is -0.0943. The molecule has 1 aliphatic heterocycles. The molecule has 0 radical (unpaired) electrons. The van der Waals surface area contributed by atoms with Crippen LogP contribution in [0.3, 0.4) is 0 Å². The molecule has 2 aromatic carbocycles. The number of aliphatic hydroxyl groups is 2. The van der Waals surface area contributed by atoms with Crippen LogP contribution in [0.2, 0.25) is 5.02 Å². The first kappa shape index (κ1) is 22.2. The Kier molecular flexibility index (Phi) is 5.36. The zero-order valence-corrected chi connectivity index (χ0v) is 19.5. The molecule has 2 heterocycles. The molecule has 0 unspecified atom stereocenters. The molecule has 9 heteroatoms. The van der Waals surface area contributed by atoms with Gasteiger partial charge >= 0.3 is 6.09 Å². The number of ether oxygens (including phenoxy) is 1. The van der Waals surface area contributed by atoms with E-state index in [1.165, 1.54) is 6.20 Å². The van der Waals surface area contributed by atoms with E-state index in [1.54, 1.807) is 6.07 Å². The van der Waals surface area contributed by atoms with Crippen LogP contribution in [0.5, 0.6) is 5.75 Å². The van der Waals surface area contributed by atoms with Gasteiger partial charge in [0.05, 0.1) is 11.1 Å². The summed E-state index contributed by atoms with van der Waals surface area (Å²) in [7, 11) is 0. The summed E-state index contributed by atoms with van der Waals surface area (Å²) < 4.78 is 7.39. The molecule has 1 fully saturated rings. The minimum absolute atomic E-state index is 0.0943. The molecule has 5 rings (SSSR count). The van der Waals surface area contributed by atoms with Crippen molar-refractivity contribution in [3.63, 3.8) is 0 Å². The van der Waals surface area contributed by atoms with Crippen molar-refractivity contribution in [2.45, 2.75) is 23.2 Å². The third-order valence-corrected chi connectivity index (χ3v) is 7.37. The second kappa shape index (κ2) is 7.99. The van der Waals surface area contributed by atoms with Crippen molar-refractivity contribution in [1.82, 2.24) is 10.3 Å². The Morgan fingerprint density at radius 1 is 1.18 bits per heavy atom. The van der Waals surface area contributed by atoms with Crippen LogP contribution in [0.4, 0.5) is 4.79 Å². The number of hydrogen-bond acceptors (Lipinski definition) is 5. The summed E-state index contributed by atoms with van der Waals surface area (Å²) in [5.74, 6) is -1.07. The maximum atomic E-state index is 12.3. The maximum absolute atomic E-state index is 12.3. The highest BCUT2D eigenvalue weighted by molar-refractivity contribution is 9.10. The Morgan fingerprint density at radius 3 is 2.55 bits per heavy atom. The third kappa shape index (κ3) is 3.16. The quantitative estimate of drug-likeness (QED) is 0.405. The Balaban J connectivity index is 1.80. The van der Waals surface area contributed by atoms with Crippen LogP contribution in [0.25, 0.3) is 0 Å². The Labute approximate surface area is 203 Å². The van der Waals surface area contributed by atoms with Crippen LogP contribution in [0.15, 0.2) is 71.3 Å². The molecule has 3 aromatic rings. The summed E-state index contributed by atoms with van der Waals surface area (Å²) >= 11 is 9.61. The average molecular weight is 532 g/mol. The standard InChI is InChI=1S/C24H20BrClN2O5/c25-15-8-6-14(7-9-15)24-19(13-4-2-1-3-5-13)17(12-28-22(30)31)21(29)23(24,32)20-18(33-24)10-16(26)11-27-20/h1-11,17,19,21,28-29,32H,12H2,(H,30,31)/t17-,19-,21+,23+,24-/m0/s1. The number of aliphatic hydroxyl groups excluding tert-OH is 1. The first-order chi connectivity index (χ1) is 15.8. The Morgan fingerprint density at radius 2 is 1.88 bits per heavy atom. The van der Waals surface area contributed by atoms with Crippen molar-refractivity contribution in [1.29, 1.82) is 0 Å². The van der Waals surface area contributed by atoms with Crippen LogP contribution in [-0.2, 0) is 11.2 Å². The minimum Gasteiger partial charge on any atom is -0.476 e. The van der Waals surface area contributed by atoms with Crippen molar-refractivity contribution in [3.8, 4) is 5.75 Å². The van der Waals surface area contributed by atoms with Gasteiger partial charge in [0.15, 0.2) is 11.2 Å². The fourth-order valence-electron chi connectivity index (χ4n) is 5.40. The number of carboxylic acid groups (broad SMARTS) is 1. The lowest BCUT2D eigenvalue weighted by atomic mass is 9.71. The zero-order chi connectivity index (χ0) is 23.4. The van der Waals surface area contributed by atoms with E-state index in [1.807, 2.05) is 54.6 Å². The van der Waals surface area contributed by atoms with Gasteiger partial charge in [-0.25, -0.2) is 4.79 Å². The van der Waals surface area contributed by atoms with Crippen LogP contribution < -0.4 is 10.1 Å². The molecule has 7 nitrogen and oxygen atoms in total. The largest absolute Gasteiger partial charge is 0.476 e. The monoisotopic (exact) mass is 530 g/mol. The third-order valence-electron chi connectivity index (χ3n) is 6.64. The van der Waals surface area contributed by atoms with Gasteiger partial charge in [0.1, 0.15) is 11.4 Å². The normalized spacial score (nSPS) is 29.8. The predicted molar refractivity (Wildman–Crippen MR) is 124 cm³/mol. The molecule has 170 valence electrons. The van der Waals surface area contributed by atoms with Gasteiger partial charge in [-0.05, 0) is 23.3 Å². The van der Waals surface area contributed by atoms with Gasteiger partial charge in [0.25, 0.3) is 0 Å². The number of halogens is 2. The lowest BCUT2D eigenvalue weighted by Gasteiger charge is -2.40. The van der Waals surface area contributed by atoms with E-state index in [0.29, 0.717) is 10.6 Å². The van der Waals surface area contributed by atoms with E-state index < -0.39 is 35.2 Å². The van der Waals surface area contributed by atoms with E-state index in [9.17, 15) is 20.1 Å². The number of pyridine rings is 1. The number of amides is 1. The number of rotatable bonds is 4. The van der Waals surface area contributed by atoms with Crippen LogP contribution >= 0.6 is 27.5 Å². The van der Waals surface area contributed by atoms with Crippen LogP contribution in [-0.4, -0.2) is 39.0 Å². The van der Waals surface area contributed by atoms with Crippen molar-refractivity contribution < 1.29 is 24.9 Å². The number of benzene rings is 2. The average Bonchev–Trinajstić information content (AvgIpc) is 3.16. The number of hydrogen-bond donors (Lipinski definition) is 4. The highest BCUT2D eigenvalue weighted by Gasteiger charge is 2.76. The van der Waals surface area contributed by atoms with E-state index in [2.05, 4.69) is 26.2 Å². The fraction of sp³-hybridized carbons (Fsp3) is 0.250. The molecule has 4 N–H and O–H groups in total. The summed E-state index contributed by atoms with van der Waals surface area (Å²) in [4.78, 5) is 15.7. The first-order valence-electron chi connectivity index (χ1n) is 10.3. The summed E-state index contributed by atoms with van der Waals surface area (Å²) in [5, 5.41) is 35.9. The van der Waals surface area contributed by atoms with Crippen molar-refractivity contribution in [2.24, 2.45) is 5.92 Å². The number of nitrogens with zero attached hydrogens (tertiary/aromatic N) is 1. The molecule has 0 spiro atoms. The zero-order valence-electron chi connectivity index (χ0n) is 17.2. The lowest BCUT2D eigenvalue weighted by molar-refractivity contribution is -0.153. The van der Waals surface area contributed by atoms with Crippen LogP contribution in [0.1, 0.15) is 22.7 Å². The fourth-order valence-corrected chi connectivity index (χ4v) is 5.81. The van der Waals surface area contributed by atoms with Gasteiger partial charge in [-0.15, -0.1) is 0 Å². The minimum atomic E-state index is -1.97. The number of carbonyl (C=O) groups is 1. The van der Waals surface area contributed by atoms with Crippen molar-refractivity contribution >= 4 is 33.6 Å². The second-order valence-corrected chi connectivity index (χ2v) is 9.65.